The van der Waals surface area contributed by atoms with Crippen LogP contribution in [0, 0.1) is 12.8 Å². The first-order chi connectivity index (χ1) is 12.4. The van der Waals surface area contributed by atoms with Crippen LogP contribution >= 0.6 is 0 Å². The maximum atomic E-state index is 12.5. The van der Waals surface area contributed by atoms with E-state index in [9.17, 15) is 9.59 Å². The summed E-state index contributed by atoms with van der Waals surface area (Å²) in [5, 5.41) is 13.0. The van der Waals surface area contributed by atoms with E-state index in [-0.39, 0.29) is 24.4 Å². The molecule has 0 aliphatic carbocycles. The number of aromatic nitrogens is 2. The van der Waals surface area contributed by atoms with Gasteiger partial charge in [0, 0.05) is 18.3 Å². The van der Waals surface area contributed by atoms with Gasteiger partial charge < -0.3 is 10.6 Å². The van der Waals surface area contributed by atoms with Gasteiger partial charge in [0.15, 0.2) is 0 Å². The SMILES string of the molecule is Cc1cc(NC(=O)N[C@H]2CC(=O)Nc3ccccc32)n(CCC(C)C)n1. The van der Waals surface area contributed by atoms with E-state index in [4.69, 9.17) is 0 Å². The number of para-hydroxylation sites is 1. The summed E-state index contributed by atoms with van der Waals surface area (Å²) in [7, 11) is 0. The van der Waals surface area contributed by atoms with Crippen molar-refractivity contribution in [2.45, 2.75) is 46.2 Å². The van der Waals surface area contributed by atoms with Crippen molar-refractivity contribution < 1.29 is 9.59 Å². The summed E-state index contributed by atoms with van der Waals surface area (Å²) in [6.45, 7) is 6.95. The third kappa shape index (κ3) is 4.22. The van der Waals surface area contributed by atoms with Crippen LogP contribution in [0.25, 0.3) is 0 Å². The molecule has 7 heteroatoms. The monoisotopic (exact) mass is 355 g/mol. The molecule has 3 amide bonds. The predicted octanol–water partition coefficient (Wildman–Crippen LogP) is 3.44. The van der Waals surface area contributed by atoms with Gasteiger partial charge in [0.05, 0.1) is 18.2 Å². The molecule has 138 valence electrons. The zero-order valence-corrected chi connectivity index (χ0v) is 15.4. The second-order valence-electron chi connectivity index (χ2n) is 7.07. The molecule has 1 atom stereocenters. The fraction of sp³-hybridized carbons (Fsp3) is 0.421. The first-order valence-corrected chi connectivity index (χ1v) is 8.93. The van der Waals surface area contributed by atoms with Crippen molar-refractivity contribution in [3.8, 4) is 0 Å². The number of carbonyl (C=O) groups is 2. The normalized spacial score (nSPS) is 16.2. The fourth-order valence-electron chi connectivity index (χ4n) is 3.05. The van der Waals surface area contributed by atoms with Gasteiger partial charge in [0.2, 0.25) is 5.91 Å². The molecule has 0 bridgehead atoms. The Labute approximate surface area is 153 Å². The molecule has 3 rings (SSSR count). The van der Waals surface area contributed by atoms with Gasteiger partial charge in [-0.3, -0.25) is 10.1 Å². The van der Waals surface area contributed by atoms with Crippen LogP contribution < -0.4 is 16.0 Å². The molecular weight excluding hydrogens is 330 g/mol. The molecule has 0 saturated heterocycles. The van der Waals surface area contributed by atoms with E-state index in [0.717, 1.165) is 29.9 Å². The summed E-state index contributed by atoms with van der Waals surface area (Å²) >= 11 is 0. The molecule has 0 radical (unpaired) electrons. The highest BCUT2D eigenvalue weighted by Crippen LogP contribution is 2.30. The molecule has 1 aromatic carbocycles. The van der Waals surface area contributed by atoms with Crippen molar-refractivity contribution in [3.63, 3.8) is 0 Å². The molecule has 1 aromatic heterocycles. The zero-order valence-electron chi connectivity index (χ0n) is 15.4. The number of urea groups is 1. The summed E-state index contributed by atoms with van der Waals surface area (Å²) < 4.78 is 1.82. The zero-order chi connectivity index (χ0) is 18.7. The Bertz CT molecular complexity index is 812. The molecule has 0 saturated carbocycles. The van der Waals surface area contributed by atoms with Crippen molar-refractivity contribution >= 4 is 23.4 Å². The lowest BCUT2D eigenvalue weighted by Gasteiger charge is -2.26. The maximum Gasteiger partial charge on any atom is 0.320 e. The first kappa shape index (κ1) is 18.0. The standard InChI is InChI=1S/C19H25N5O2/c1-12(2)8-9-24-17(10-13(3)23-24)22-19(26)21-16-11-18(25)20-15-7-5-4-6-14(15)16/h4-7,10,12,16H,8-9,11H2,1-3H3,(H,20,25)(H2,21,22,26)/t16-/m0/s1. The summed E-state index contributed by atoms with van der Waals surface area (Å²) in [5.74, 6) is 1.11. The van der Waals surface area contributed by atoms with E-state index in [2.05, 4.69) is 34.9 Å². The summed E-state index contributed by atoms with van der Waals surface area (Å²) in [4.78, 5) is 24.4. The smallest absolute Gasteiger partial charge is 0.320 e. The first-order valence-electron chi connectivity index (χ1n) is 8.93. The number of fused-ring (bicyclic) bond motifs is 1. The number of nitrogens with one attached hydrogen (secondary N) is 3. The second kappa shape index (κ2) is 7.59. The van der Waals surface area contributed by atoms with Crippen LogP contribution in [-0.2, 0) is 11.3 Å². The molecule has 26 heavy (non-hydrogen) atoms. The Kier molecular flexibility index (Phi) is 5.25. The van der Waals surface area contributed by atoms with E-state index in [1.54, 1.807) is 0 Å². The Balaban J connectivity index is 1.69. The van der Waals surface area contributed by atoms with Crippen LogP contribution in [0.2, 0.25) is 0 Å². The molecule has 3 N–H and O–H groups in total. The molecule has 1 aliphatic rings. The minimum atomic E-state index is -0.354. The number of hydrogen-bond donors (Lipinski definition) is 3. The van der Waals surface area contributed by atoms with Crippen LogP contribution in [0.3, 0.4) is 0 Å². The molecule has 2 heterocycles. The minimum Gasteiger partial charge on any atom is -0.330 e. The van der Waals surface area contributed by atoms with Crippen molar-refractivity contribution in [3.05, 3.63) is 41.6 Å². The van der Waals surface area contributed by atoms with E-state index in [0.29, 0.717) is 11.7 Å². The van der Waals surface area contributed by atoms with Crippen LogP contribution in [0.1, 0.15) is 44.0 Å². The lowest BCUT2D eigenvalue weighted by Crippen LogP contribution is -2.37. The molecule has 1 aliphatic heterocycles. The average molecular weight is 355 g/mol. The molecule has 0 unspecified atom stereocenters. The number of carbonyl (C=O) groups excluding carboxylic acids is 2. The van der Waals surface area contributed by atoms with E-state index < -0.39 is 0 Å². The number of nitrogens with zero attached hydrogens (tertiary/aromatic N) is 2. The molecular formula is C19H25N5O2. The van der Waals surface area contributed by atoms with Gasteiger partial charge >= 0.3 is 6.03 Å². The number of benzene rings is 1. The number of hydrogen-bond acceptors (Lipinski definition) is 3. The Morgan fingerprint density at radius 3 is 2.92 bits per heavy atom. The number of rotatable bonds is 5. The number of anilines is 2. The quantitative estimate of drug-likeness (QED) is 0.768. The van der Waals surface area contributed by atoms with Gasteiger partial charge in [-0.2, -0.15) is 5.10 Å². The fourth-order valence-corrected chi connectivity index (χ4v) is 3.05. The van der Waals surface area contributed by atoms with Crippen molar-refractivity contribution in [2.75, 3.05) is 10.6 Å². The van der Waals surface area contributed by atoms with E-state index >= 15 is 0 Å². The predicted molar refractivity (Wildman–Crippen MR) is 101 cm³/mol. The minimum absolute atomic E-state index is 0.105. The lowest BCUT2D eigenvalue weighted by atomic mass is 9.97. The van der Waals surface area contributed by atoms with Crippen LogP contribution in [-0.4, -0.2) is 21.7 Å². The number of amides is 3. The molecule has 2 aromatic rings. The Morgan fingerprint density at radius 1 is 1.38 bits per heavy atom. The van der Waals surface area contributed by atoms with Gasteiger partial charge in [-0.25, -0.2) is 9.48 Å². The summed E-state index contributed by atoms with van der Waals surface area (Å²) in [5.41, 5.74) is 2.50. The van der Waals surface area contributed by atoms with Crippen LogP contribution in [0.15, 0.2) is 30.3 Å². The van der Waals surface area contributed by atoms with Gasteiger partial charge in [-0.05, 0) is 30.9 Å². The average Bonchev–Trinajstić information content (AvgIpc) is 2.92. The van der Waals surface area contributed by atoms with Gasteiger partial charge in [0.1, 0.15) is 5.82 Å². The number of aryl methyl sites for hydroxylation is 2. The Hall–Kier alpha value is -2.83. The van der Waals surface area contributed by atoms with Gasteiger partial charge in [-0.1, -0.05) is 32.0 Å². The third-order valence-corrected chi connectivity index (χ3v) is 4.37. The highest BCUT2D eigenvalue weighted by atomic mass is 16.2. The second-order valence-corrected chi connectivity index (χ2v) is 7.07. The maximum absolute atomic E-state index is 12.5. The van der Waals surface area contributed by atoms with Crippen molar-refractivity contribution in [2.24, 2.45) is 5.92 Å². The summed E-state index contributed by atoms with van der Waals surface area (Å²) in [6.07, 6.45) is 1.20. The molecule has 0 spiro atoms. The lowest BCUT2D eigenvalue weighted by molar-refractivity contribution is -0.116. The van der Waals surface area contributed by atoms with Gasteiger partial charge in [-0.15, -0.1) is 0 Å². The van der Waals surface area contributed by atoms with E-state index in [1.165, 1.54) is 0 Å². The molecule has 7 nitrogen and oxygen atoms in total. The highest BCUT2D eigenvalue weighted by molar-refractivity contribution is 5.96. The van der Waals surface area contributed by atoms with Crippen molar-refractivity contribution in [1.29, 1.82) is 0 Å². The summed E-state index contributed by atoms with van der Waals surface area (Å²) in [6, 6.07) is 8.66. The van der Waals surface area contributed by atoms with Crippen molar-refractivity contribution in [1.82, 2.24) is 15.1 Å². The van der Waals surface area contributed by atoms with Crippen LogP contribution in [0.5, 0.6) is 0 Å². The topological polar surface area (TPSA) is 88.0 Å². The largest absolute Gasteiger partial charge is 0.330 e. The Morgan fingerprint density at radius 2 is 2.15 bits per heavy atom. The molecule has 0 fully saturated rings. The third-order valence-electron chi connectivity index (χ3n) is 4.37. The highest BCUT2D eigenvalue weighted by Gasteiger charge is 2.26. The van der Waals surface area contributed by atoms with Gasteiger partial charge in [0.25, 0.3) is 0 Å². The van der Waals surface area contributed by atoms with E-state index in [1.807, 2.05) is 41.9 Å². The van der Waals surface area contributed by atoms with Crippen LogP contribution in [0.4, 0.5) is 16.3 Å².